The SMILES string of the molecule is Nc1nc(-c2cccc(O)c2)cc(-c2cn(S(=O)(=O)c3ccccc3)c3ccccc23)n1. The topological polar surface area (TPSA) is 111 Å². The Hall–Kier alpha value is -4.17. The van der Waals surface area contributed by atoms with Gasteiger partial charge < -0.3 is 10.8 Å². The van der Waals surface area contributed by atoms with Crippen LogP contribution in [-0.2, 0) is 10.0 Å². The highest BCUT2D eigenvalue weighted by Crippen LogP contribution is 2.34. The number of para-hydroxylation sites is 1. The molecule has 3 aromatic carbocycles. The number of aromatic hydroxyl groups is 1. The first-order chi connectivity index (χ1) is 15.4. The van der Waals surface area contributed by atoms with E-state index in [1.54, 1.807) is 79.0 Å². The molecule has 0 aliphatic heterocycles. The number of anilines is 1. The van der Waals surface area contributed by atoms with Crippen LogP contribution in [0, 0.1) is 0 Å². The van der Waals surface area contributed by atoms with Crippen LogP contribution < -0.4 is 5.73 Å². The number of phenols is 1. The molecular weight excluding hydrogens is 424 g/mol. The Morgan fingerprint density at radius 1 is 0.812 bits per heavy atom. The summed E-state index contributed by atoms with van der Waals surface area (Å²) in [5.41, 5.74) is 8.79. The first-order valence-corrected chi connectivity index (χ1v) is 11.2. The molecule has 0 radical (unpaired) electrons. The van der Waals surface area contributed by atoms with Gasteiger partial charge in [-0.1, -0.05) is 48.5 Å². The molecule has 5 aromatic rings. The molecular formula is C24H18N4O3S. The van der Waals surface area contributed by atoms with E-state index in [1.807, 2.05) is 12.1 Å². The van der Waals surface area contributed by atoms with Crippen molar-refractivity contribution in [1.82, 2.24) is 13.9 Å². The third-order valence-electron chi connectivity index (χ3n) is 5.14. The Morgan fingerprint density at radius 3 is 2.31 bits per heavy atom. The smallest absolute Gasteiger partial charge is 0.268 e. The summed E-state index contributed by atoms with van der Waals surface area (Å²) in [7, 11) is -3.82. The Morgan fingerprint density at radius 2 is 1.53 bits per heavy atom. The van der Waals surface area contributed by atoms with Crippen LogP contribution in [0.2, 0.25) is 0 Å². The van der Waals surface area contributed by atoms with Crippen molar-refractivity contribution in [1.29, 1.82) is 0 Å². The average molecular weight is 443 g/mol. The lowest BCUT2D eigenvalue weighted by atomic mass is 10.1. The van der Waals surface area contributed by atoms with E-state index in [-0.39, 0.29) is 16.6 Å². The summed E-state index contributed by atoms with van der Waals surface area (Å²) in [5.74, 6) is 0.149. The van der Waals surface area contributed by atoms with E-state index in [2.05, 4.69) is 9.97 Å². The lowest BCUT2D eigenvalue weighted by Gasteiger charge is -2.07. The van der Waals surface area contributed by atoms with Gasteiger partial charge in [0.1, 0.15) is 5.75 Å². The zero-order chi connectivity index (χ0) is 22.3. The third-order valence-corrected chi connectivity index (χ3v) is 6.83. The summed E-state index contributed by atoms with van der Waals surface area (Å²) in [6.07, 6.45) is 1.56. The fraction of sp³-hybridized carbons (Fsp3) is 0. The van der Waals surface area contributed by atoms with Crippen LogP contribution >= 0.6 is 0 Å². The second-order valence-electron chi connectivity index (χ2n) is 7.22. The van der Waals surface area contributed by atoms with Gasteiger partial charge in [0.15, 0.2) is 0 Å². The van der Waals surface area contributed by atoms with E-state index >= 15 is 0 Å². The number of nitrogen functional groups attached to an aromatic ring is 1. The van der Waals surface area contributed by atoms with Crippen molar-refractivity contribution < 1.29 is 13.5 Å². The van der Waals surface area contributed by atoms with Gasteiger partial charge in [-0.05, 0) is 36.4 Å². The summed E-state index contributed by atoms with van der Waals surface area (Å²) >= 11 is 0. The van der Waals surface area contributed by atoms with E-state index < -0.39 is 10.0 Å². The number of rotatable bonds is 4. The van der Waals surface area contributed by atoms with E-state index in [0.717, 1.165) is 0 Å². The van der Waals surface area contributed by atoms with Crippen molar-refractivity contribution in [2.75, 3.05) is 5.73 Å². The standard InChI is InChI=1S/C24H18N4O3S/c25-24-26-21(16-7-6-8-17(29)13-16)14-22(27-24)20-15-28(23-12-5-4-11-19(20)23)32(30,31)18-9-2-1-3-10-18/h1-15,29H,(H2,25,26,27). The van der Waals surface area contributed by atoms with Gasteiger partial charge in [-0.15, -0.1) is 0 Å². The number of hydrogen-bond acceptors (Lipinski definition) is 6. The van der Waals surface area contributed by atoms with Gasteiger partial charge in [-0.25, -0.2) is 22.4 Å². The third kappa shape index (κ3) is 3.36. The number of benzene rings is 3. The minimum Gasteiger partial charge on any atom is -0.508 e. The van der Waals surface area contributed by atoms with E-state index in [4.69, 9.17) is 5.73 Å². The van der Waals surface area contributed by atoms with Gasteiger partial charge in [-0.3, -0.25) is 0 Å². The van der Waals surface area contributed by atoms with Crippen molar-refractivity contribution in [3.8, 4) is 28.3 Å². The van der Waals surface area contributed by atoms with Crippen LogP contribution in [0.3, 0.4) is 0 Å². The molecule has 0 bridgehead atoms. The zero-order valence-electron chi connectivity index (χ0n) is 16.8. The predicted octanol–water partition coefficient (Wildman–Crippen LogP) is 4.29. The second kappa shape index (κ2) is 7.51. The number of phenolic OH excluding ortho intramolecular Hbond substituents is 1. The first kappa shape index (κ1) is 19.8. The molecule has 2 heterocycles. The Kier molecular flexibility index (Phi) is 4.64. The molecule has 158 valence electrons. The molecule has 0 saturated carbocycles. The molecule has 5 rings (SSSR count). The molecule has 2 aromatic heterocycles. The maximum absolute atomic E-state index is 13.4. The Balaban J connectivity index is 1.73. The molecule has 0 aliphatic rings. The summed E-state index contributed by atoms with van der Waals surface area (Å²) < 4.78 is 28.0. The Labute approximate surface area is 184 Å². The van der Waals surface area contributed by atoms with Gasteiger partial charge in [0.25, 0.3) is 10.0 Å². The number of aromatic nitrogens is 3. The molecule has 0 aliphatic carbocycles. The monoisotopic (exact) mass is 442 g/mol. The van der Waals surface area contributed by atoms with E-state index in [0.29, 0.717) is 33.4 Å². The van der Waals surface area contributed by atoms with Crippen molar-refractivity contribution >= 4 is 26.9 Å². The van der Waals surface area contributed by atoms with Gasteiger partial charge in [0.2, 0.25) is 5.95 Å². The van der Waals surface area contributed by atoms with Crippen LogP contribution in [0.1, 0.15) is 0 Å². The zero-order valence-corrected chi connectivity index (χ0v) is 17.6. The Bertz CT molecular complexity index is 1560. The maximum Gasteiger partial charge on any atom is 0.268 e. The van der Waals surface area contributed by atoms with E-state index in [9.17, 15) is 13.5 Å². The highest BCUT2D eigenvalue weighted by molar-refractivity contribution is 7.90. The molecule has 0 atom stereocenters. The summed E-state index contributed by atoms with van der Waals surface area (Å²) in [5, 5.41) is 10.5. The highest BCUT2D eigenvalue weighted by Gasteiger charge is 2.22. The fourth-order valence-corrected chi connectivity index (χ4v) is 5.07. The minimum absolute atomic E-state index is 0.0450. The molecule has 0 fully saturated rings. The minimum atomic E-state index is -3.82. The molecule has 3 N–H and O–H groups in total. The number of fused-ring (bicyclic) bond motifs is 1. The van der Waals surface area contributed by atoms with Crippen LogP contribution in [0.25, 0.3) is 33.4 Å². The van der Waals surface area contributed by atoms with Crippen LogP contribution in [0.4, 0.5) is 5.95 Å². The number of hydrogen-bond donors (Lipinski definition) is 2. The summed E-state index contributed by atoms with van der Waals surface area (Å²) in [6, 6.07) is 23.9. The fourth-order valence-electron chi connectivity index (χ4n) is 3.68. The lowest BCUT2D eigenvalue weighted by molar-refractivity contribution is 0.475. The van der Waals surface area contributed by atoms with Crippen molar-refractivity contribution in [2.45, 2.75) is 4.90 Å². The van der Waals surface area contributed by atoms with Crippen LogP contribution in [0.5, 0.6) is 5.75 Å². The number of nitrogens with two attached hydrogens (primary N) is 1. The predicted molar refractivity (Wildman–Crippen MR) is 124 cm³/mol. The van der Waals surface area contributed by atoms with Crippen molar-refractivity contribution in [3.63, 3.8) is 0 Å². The van der Waals surface area contributed by atoms with Gasteiger partial charge in [0, 0.05) is 22.7 Å². The largest absolute Gasteiger partial charge is 0.508 e. The molecule has 0 unspecified atom stereocenters. The average Bonchev–Trinajstić information content (AvgIpc) is 3.20. The van der Waals surface area contributed by atoms with Crippen LogP contribution in [-0.4, -0.2) is 27.5 Å². The molecule has 8 heteroatoms. The molecule has 0 amide bonds. The lowest BCUT2D eigenvalue weighted by Crippen LogP contribution is -2.11. The quantitative estimate of drug-likeness (QED) is 0.430. The van der Waals surface area contributed by atoms with Gasteiger partial charge in [-0.2, -0.15) is 0 Å². The number of nitrogens with zero attached hydrogens (tertiary/aromatic N) is 3. The van der Waals surface area contributed by atoms with Gasteiger partial charge in [0.05, 0.1) is 21.8 Å². The molecule has 7 nitrogen and oxygen atoms in total. The summed E-state index contributed by atoms with van der Waals surface area (Å²) in [6.45, 7) is 0. The molecule has 32 heavy (non-hydrogen) atoms. The maximum atomic E-state index is 13.4. The van der Waals surface area contributed by atoms with E-state index in [1.165, 1.54) is 3.97 Å². The first-order valence-electron chi connectivity index (χ1n) is 9.78. The van der Waals surface area contributed by atoms with Gasteiger partial charge >= 0.3 is 0 Å². The van der Waals surface area contributed by atoms with Crippen molar-refractivity contribution in [3.05, 3.63) is 91.1 Å². The van der Waals surface area contributed by atoms with Crippen LogP contribution in [0.15, 0.2) is 96.0 Å². The second-order valence-corrected chi connectivity index (χ2v) is 9.04. The van der Waals surface area contributed by atoms with Crippen molar-refractivity contribution in [2.24, 2.45) is 0 Å². The normalized spacial score (nSPS) is 11.6. The molecule has 0 spiro atoms. The molecule has 0 saturated heterocycles. The highest BCUT2D eigenvalue weighted by atomic mass is 32.2. The summed E-state index contributed by atoms with van der Waals surface area (Å²) in [4.78, 5) is 8.84.